The number of carbonyl (C=O) groups excluding carboxylic acids is 1. The number of nitro benzene ring substituents is 1. The molecule has 0 radical (unpaired) electrons. The Kier molecular flexibility index (Phi) is 6.16. The molecule has 0 saturated heterocycles. The predicted molar refractivity (Wildman–Crippen MR) is 100 cm³/mol. The Labute approximate surface area is 164 Å². The van der Waals surface area contributed by atoms with Crippen molar-refractivity contribution in [2.24, 2.45) is 0 Å². The van der Waals surface area contributed by atoms with Gasteiger partial charge in [0.25, 0.3) is 5.69 Å². The van der Waals surface area contributed by atoms with Crippen LogP contribution in [0, 0.1) is 17.0 Å². The van der Waals surface area contributed by atoms with Gasteiger partial charge in [0.05, 0.1) is 28.0 Å². The topological polar surface area (TPSA) is 110 Å². The van der Waals surface area contributed by atoms with E-state index >= 15 is 0 Å². The summed E-state index contributed by atoms with van der Waals surface area (Å²) >= 11 is 0. The number of sulfonamides is 1. The summed E-state index contributed by atoms with van der Waals surface area (Å²) in [5, 5.41) is 13.4. The highest BCUT2D eigenvalue weighted by Crippen LogP contribution is 2.31. The second-order valence-electron chi connectivity index (χ2n) is 6.07. The lowest BCUT2D eigenvalue weighted by Crippen LogP contribution is -2.38. The Morgan fingerprint density at radius 2 is 1.76 bits per heavy atom. The zero-order valence-electron chi connectivity index (χ0n) is 15.2. The molecule has 0 unspecified atom stereocenters. The number of amides is 1. The molecule has 0 aliphatic heterocycles. The molecule has 8 nitrogen and oxygen atoms in total. The summed E-state index contributed by atoms with van der Waals surface area (Å²) in [6.45, 7) is 0.626. The van der Waals surface area contributed by atoms with Crippen LogP contribution in [0.15, 0.2) is 42.5 Å². The van der Waals surface area contributed by atoms with Crippen molar-refractivity contribution in [3.05, 3.63) is 63.7 Å². The van der Waals surface area contributed by atoms with Crippen molar-refractivity contribution < 1.29 is 31.3 Å². The second-order valence-corrected chi connectivity index (χ2v) is 7.98. The van der Waals surface area contributed by atoms with E-state index < -0.39 is 39.1 Å². The average Bonchev–Trinajstić information content (AvgIpc) is 2.58. The van der Waals surface area contributed by atoms with E-state index in [1.54, 1.807) is 0 Å². The maximum Gasteiger partial charge on any atom is 0.416 e. The zero-order valence-corrected chi connectivity index (χ0v) is 16.0. The molecule has 0 spiro atoms. The summed E-state index contributed by atoms with van der Waals surface area (Å²) in [4.78, 5) is 22.7. The fourth-order valence-corrected chi connectivity index (χ4v) is 3.44. The summed E-state index contributed by atoms with van der Waals surface area (Å²) in [7, 11) is -4.00. The second kappa shape index (κ2) is 8.07. The SMILES string of the molecule is Cc1c(N(CC(=O)Nc2ccc(C(F)(F)F)cc2)S(C)(=O)=O)cccc1[N+](=O)[O-]. The Morgan fingerprint density at radius 1 is 1.17 bits per heavy atom. The molecule has 0 aliphatic carbocycles. The molecule has 0 saturated carbocycles. The molecule has 2 aromatic rings. The van der Waals surface area contributed by atoms with E-state index in [9.17, 15) is 36.5 Å². The maximum atomic E-state index is 12.6. The quantitative estimate of drug-likeness (QED) is 0.557. The van der Waals surface area contributed by atoms with E-state index in [0.717, 1.165) is 30.5 Å². The molecule has 0 heterocycles. The molecule has 12 heteroatoms. The summed E-state index contributed by atoms with van der Waals surface area (Å²) in [5.41, 5.74) is -1.19. The number of alkyl halides is 3. The largest absolute Gasteiger partial charge is 0.416 e. The normalized spacial score (nSPS) is 11.8. The molecule has 2 aromatic carbocycles. The Hall–Kier alpha value is -3.15. The first kappa shape index (κ1) is 22.1. The van der Waals surface area contributed by atoms with E-state index in [-0.39, 0.29) is 22.6 Å². The fourth-order valence-electron chi connectivity index (χ4n) is 2.53. The lowest BCUT2D eigenvalue weighted by atomic mass is 10.1. The molecule has 1 amide bonds. The van der Waals surface area contributed by atoms with Crippen LogP contribution in [-0.4, -0.2) is 32.0 Å². The van der Waals surface area contributed by atoms with Crippen molar-refractivity contribution in [1.82, 2.24) is 0 Å². The molecular formula is C17H16F3N3O5S. The minimum atomic E-state index is -4.53. The van der Waals surface area contributed by atoms with Crippen LogP contribution in [0.25, 0.3) is 0 Å². The number of halogens is 3. The van der Waals surface area contributed by atoms with Crippen LogP contribution in [-0.2, 0) is 21.0 Å². The van der Waals surface area contributed by atoms with E-state index in [1.165, 1.54) is 25.1 Å². The molecule has 0 bridgehead atoms. The van der Waals surface area contributed by atoms with Crippen LogP contribution in [0.5, 0.6) is 0 Å². The summed E-state index contributed by atoms with van der Waals surface area (Å²) < 4.78 is 62.8. The number of rotatable bonds is 6. The lowest BCUT2D eigenvalue weighted by molar-refractivity contribution is -0.385. The number of benzene rings is 2. The number of nitrogens with one attached hydrogen (secondary N) is 1. The number of carbonyl (C=O) groups is 1. The molecule has 0 atom stereocenters. The Bertz CT molecular complexity index is 1040. The highest BCUT2D eigenvalue weighted by Gasteiger charge is 2.30. The smallest absolute Gasteiger partial charge is 0.325 e. The first-order chi connectivity index (χ1) is 13.3. The van der Waals surface area contributed by atoms with Gasteiger partial charge in [-0.1, -0.05) is 6.07 Å². The highest BCUT2D eigenvalue weighted by atomic mass is 32.2. The van der Waals surface area contributed by atoms with Gasteiger partial charge in [-0.05, 0) is 37.3 Å². The Balaban J connectivity index is 2.27. The number of nitro groups is 1. The van der Waals surface area contributed by atoms with E-state index in [0.29, 0.717) is 4.31 Å². The van der Waals surface area contributed by atoms with Gasteiger partial charge >= 0.3 is 6.18 Å². The van der Waals surface area contributed by atoms with Gasteiger partial charge in [-0.3, -0.25) is 19.2 Å². The van der Waals surface area contributed by atoms with Gasteiger partial charge in [-0.25, -0.2) is 8.42 Å². The number of hydrogen-bond donors (Lipinski definition) is 1. The van der Waals surface area contributed by atoms with Crippen LogP contribution in [0.3, 0.4) is 0 Å². The van der Waals surface area contributed by atoms with Gasteiger partial charge in [0, 0.05) is 11.8 Å². The van der Waals surface area contributed by atoms with Crippen LogP contribution in [0.1, 0.15) is 11.1 Å². The van der Waals surface area contributed by atoms with Crippen LogP contribution < -0.4 is 9.62 Å². The highest BCUT2D eigenvalue weighted by molar-refractivity contribution is 7.92. The van der Waals surface area contributed by atoms with Crippen molar-refractivity contribution in [3.8, 4) is 0 Å². The molecule has 0 aliphatic rings. The van der Waals surface area contributed by atoms with E-state index in [1.807, 2.05) is 0 Å². The maximum absolute atomic E-state index is 12.6. The number of hydrogen-bond acceptors (Lipinski definition) is 5. The van der Waals surface area contributed by atoms with Gasteiger partial charge < -0.3 is 5.32 Å². The van der Waals surface area contributed by atoms with Gasteiger partial charge in [-0.2, -0.15) is 13.2 Å². The van der Waals surface area contributed by atoms with E-state index in [4.69, 9.17) is 0 Å². The molecular weight excluding hydrogens is 415 g/mol. The van der Waals surface area contributed by atoms with Crippen LogP contribution in [0.4, 0.5) is 30.2 Å². The number of anilines is 2. The predicted octanol–water partition coefficient (Wildman–Crippen LogP) is 3.33. The minimum absolute atomic E-state index is 0.0345. The summed E-state index contributed by atoms with van der Waals surface area (Å²) in [6, 6.07) is 7.40. The van der Waals surface area contributed by atoms with Crippen molar-refractivity contribution in [1.29, 1.82) is 0 Å². The van der Waals surface area contributed by atoms with Crippen molar-refractivity contribution >= 4 is 33.0 Å². The lowest BCUT2D eigenvalue weighted by Gasteiger charge is -2.23. The van der Waals surface area contributed by atoms with Crippen molar-refractivity contribution in [3.63, 3.8) is 0 Å². The van der Waals surface area contributed by atoms with Crippen molar-refractivity contribution in [2.75, 3.05) is 22.4 Å². The number of nitrogens with zero attached hydrogens (tertiary/aromatic N) is 2. The van der Waals surface area contributed by atoms with Gasteiger partial charge in [0.2, 0.25) is 15.9 Å². The summed E-state index contributed by atoms with van der Waals surface area (Å²) in [5.74, 6) is -0.832. The molecule has 0 aromatic heterocycles. The monoisotopic (exact) mass is 431 g/mol. The molecule has 0 fully saturated rings. The first-order valence-corrected chi connectivity index (χ1v) is 9.84. The third kappa shape index (κ3) is 5.44. The molecule has 156 valence electrons. The van der Waals surface area contributed by atoms with Crippen LogP contribution >= 0.6 is 0 Å². The molecule has 1 N–H and O–H groups in total. The van der Waals surface area contributed by atoms with Gasteiger partial charge in [0.1, 0.15) is 6.54 Å². The third-order valence-corrected chi connectivity index (χ3v) is 5.05. The van der Waals surface area contributed by atoms with E-state index in [2.05, 4.69) is 5.32 Å². The van der Waals surface area contributed by atoms with Gasteiger partial charge in [-0.15, -0.1) is 0 Å². The first-order valence-electron chi connectivity index (χ1n) is 7.99. The summed E-state index contributed by atoms with van der Waals surface area (Å²) in [6.07, 6.45) is -3.70. The fraction of sp³-hybridized carbons (Fsp3) is 0.235. The van der Waals surface area contributed by atoms with Gasteiger partial charge in [0.15, 0.2) is 0 Å². The standard InChI is InChI=1S/C17H16F3N3O5S/c1-11-14(4-3-5-15(11)23(25)26)22(29(2,27)28)10-16(24)21-13-8-6-12(7-9-13)17(18,19)20/h3-9H,10H2,1-2H3,(H,21,24). The third-order valence-electron chi connectivity index (χ3n) is 3.93. The van der Waals surface area contributed by atoms with Crippen molar-refractivity contribution in [2.45, 2.75) is 13.1 Å². The average molecular weight is 431 g/mol. The molecule has 29 heavy (non-hydrogen) atoms. The Morgan fingerprint density at radius 3 is 2.24 bits per heavy atom. The zero-order chi connectivity index (χ0) is 22.0. The van der Waals surface area contributed by atoms with Crippen LogP contribution in [0.2, 0.25) is 0 Å². The minimum Gasteiger partial charge on any atom is -0.325 e. The molecule has 2 rings (SSSR count).